The minimum absolute atomic E-state index is 0.123. The standard InChI is InChI=1S/C25H29NO5/c1-2-3-4-11-17-21(23(27)28)22(17)25(26,24(29)30)14-18-15-9-5-7-12-19(15)31-20-13-8-6-10-16(18)20/h5-10,12-13,17-18,21-22H,2-4,11,14,26H2,1H3,(H,27,28)(H,29,30)/t17-,21+,22+,25?/m1/s1. The van der Waals surface area contributed by atoms with Gasteiger partial charge in [-0.3, -0.25) is 9.59 Å². The average molecular weight is 424 g/mol. The second kappa shape index (κ2) is 8.35. The van der Waals surface area contributed by atoms with Gasteiger partial charge in [-0.2, -0.15) is 0 Å². The molecule has 6 heteroatoms. The lowest BCUT2D eigenvalue weighted by Gasteiger charge is -2.34. The van der Waals surface area contributed by atoms with Gasteiger partial charge in [0.25, 0.3) is 0 Å². The van der Waals surface area contributed by atoms with Gasteiger partial charge in [0.05, 0.1) is 5.92 Å². The van der Waals surface area contributed by atoms with Crippen LogP contribution in [0, 0.1) is 17.8 Å². The Balaban J connectivity index is 1.69. The maximum atomic E-state index is 12.5. The van der Waals surface area contributed by atoms with Gasteiger partial charge >= 0.3 is 11.9 Å². The predicted octanol–water partition coefficient (Wildman–Crippen LogP) is 4.62. The molecule has 1 fully saturated rings. The Morgan fingerprint density at radius 1 is 1.00 bits per heavy atom. The first-order chi connectivity index (χ1) is 14.9. The topological polar surface area (TPSA) is 110 Å². The summed E-state index contributed by atoms with van der Waals surface area (Å²) >= 11 is 0. The van der Waals surface area contributed by atoms with Crippen molar-refractivity contribution in [3.8, 4) is 11.5 Å². The Kier molecular flexibility index (Phi) is 5.75. The molecule has 31 heavy (non-hydrogen) atoms. The van der Waals surface area contributed by atoms with Gasteiger partial charge in [0.15, 0.2) is 0 Å². The molecule has 0 amide bonds. The number of rotatable bonds is 9. The third kappa shape index (κ3) is 3.81. The molecule has 4 N–H and O–H groups in total. The molecule has 2 aliphatic rings. The van der Waals surface area contributed by atoms with E-state index < -0.39 is 29.3 Å². The number of carboxylic acids is 2. The Morgan fingerprint density at radius 2 is 1.58 bits per heavy atom. The number of hydrogen-bond donors (Lipinski definition) is 3. The molecule has 164 valence electrons. The Labute approximate surface area is 182 Å². The minimum Gasteiger partial charge on any atom is -0.481 e. The number of para-hydroxylation sites is 2. The molecule has 0 aromatic heterocycles. The van der Waals surface area contributed by atoms with Crippen LogP contribution in [0.5, 0.6) is 11.5 Å². The fourth-order valence-corrected chi connectivity index (χ4v) is 5.33. The zero-order valence-corrected chi connectivity index (χ0v) is 17.7. The van der Waals surface area contributed by atoms with Gasteiger partial charge < -0.3 is 20.7 Å². The van der Waals surface area contributed by atoms with Crippen LogP contribution in [0.2, 0.25) is 0 Å². The van der Waals surface area contributed by atoms with E-state index in [0.29, 0.717) is 17.9 Å². The summed E-state index contributed by atoms with van der Waals surface area (Å²) in [5.41, 5.74) is 6.74. The number of aliphatic carboxylic acids is 2. The number of benzene rings is 2. The number of nitrogens with two attached hydrogens (primary N) is 1. The highest BCUT2D eigenvalue weighted by atomic mass is 16.5. The van der Waals surface area contributed by atoms with Crippen LogP contribution in [-0.4, -0.2) is 27.7 Å². The molecule has 6 nitrogen and oxygen atoms in total. The van der Waals surface area contributed by atoms with Crippen molar-refractivity contribution in [3.05, 3.63) is 59.7 Å². The number of carboxylic acid groups (broad SMARTS) is 2. The van der Waals surface area contributed by atoms with E-state index in [1.165, 1.54) is 0 Å². The first kappa shape index (κ1) is 21.4. The Bertz CT molecular complexity index is 944. The van der Waals surface area contributed by atoms with E-state index in [9.17, 15) is 19.8 Å². The van der Waals surface area contributed by atoms with Gasteiger partial charge in [0.1, 0.15) is 17.0 Å². The maximum absolute atomic E-state index is 12.5. The summed E-state index contributed by atoms with van der Waals surface area (Å²) in [5, 5.41) is 20.0. The molecule has 0 bridgehead atoms. The van der Waals surface area contributed by atoms with E-state index in [-0.39, 0.29) is 18.3 Å². The van der Waals surface area contributed by atoms with Crippen LogP contribution in [0.4, 0.5) is 0 Å². The SMILES string of the molecule is CCCCC[C@@H]1[C@H](C(=O)O)[C@H]1C(N)(CC1c2ccccc2Oc2ccccc21)C(=O)O. The third-order valence-electron chi connectivity index (χ3n) is 6.94. The number of hydrogen-bond acceptors (Lipinski definition) is 4. The van der Waals surface area contributed by atoms with Crippen LogP contribution >= 0.6 is 0 Å². The van der Waals surface area contributed by atoms with Crippen LogP contribution in [0.15, 0.2) is 48.5 Å². The Morgan fingerprint density at radius 3 is 2.10 bits per heavy atom. The van der Waals surface area contributed by atoms with Crippen molar-refractivity contribution in [3.63, 3.8) is 0 Å². The highest BCUT2D eigenvalue weighted by Crippen LogP contribution is 2.58. The smallest absolute Gasteiger partial charge is 0.324 e. The number of carbonyl (C=O) groups is 2. The summed E-state index contributed by atoms with van der Waals surface area (Å²) in [6, 6.07) is 15.1. The van der Waals surface area contributed by atoms with Gasteiger partial charge in [-0.1, -0.05) is 62.6 Å². The first-order valence-electron chi connectivity index (χ1n) is 11.0. The molecule has 1 heterocycles. The van der Waals surface area contributed by atoms with E-state index in [1.807, 2.05) is 48.5 Å². The van der Waals surface area contributed by atoms with Gasteiger partial charge in [0, 0.05) is 23.0 Å². The second-order valence-corrected chi connectivity index (χ2v) is 8.83. The third-order valence-corrected chi connectivity index (χ3v) is 6.94. The predicted molar refractivity (Wildman–Crippen MR) is 116 cm³/mol. The van der Waals surface area contributed by atoms with Gasteiger partial charge in [-0.15, -0.1) is 0 Å². The van der Waals surface area contributed by atoms with Crippen molar-refractivity contribution in [2.45, 2.75) is 50.5 Å². The molecular weight excluding hydrogens is 394 g/mol. The molecule has 0 spiro atoms. The monoisotopic (exact) mass is 423 g/mol. The molecule has 0 saturated heterocycles. The van der Waals surface area contributed by atoms with Gasteiger partial charge in [-0.25, -0.2) is 0 Å². The largest absolute Gasteiger partial charge is 0.481 e. The maximum Gasteiger partial charge on any atom is 0.324 e. The van der Waals surface area contributed by atoms with E-state index in [2.05, 4.69) is 6.92 Å². The van der Waals surface area contributed by atoms with Crippen molar-refractivity contribution >= 4 is 11.9 Å². The van der Waals surface area contributed by atoms with Crippen LogP contribution in [0.3, 0.4) is 0 Å². The molecule has 1 aliphatic heterocycles. The number of unbranched alkanes of at least 4 members (excludes halogenated alkanes) is 2. The van der Waals surface area contributed by atoms with Crippen molar-refractivity contribution in [2.24, 2.45) is 23.5 Å². The lowest BCUT2D eigenvalue weighted by Crippen LogP contribution is -2.52. The zero-order valence-electron chi connectivity index (χ0n) is 17.7. The Hall–Kier alpha value is -2.86. The lowest BCUT2D eigenvalue weighted by atomic mass is 9.75. The van der Waals surface area contributed by atoms with Crippen LogP contribution in [-0.2, 0) is 9.59 Å². The summed E-state index contributed by atoms with van der Waals surface area (Å²) in [6.07, 6.45) is 3.74. The highest BCUT2D eigenvalue weighted by Gasteiger charge is 2.66. The molecule has 1 aliphatic carbocycles. The summed E-state index contributed by atoms with van der Waals surface area (Å²) < 4.78 is 6.02. The highest BCUT2D eigenvalue weighted by molar-refractivity contribution is 5.84. The molecule has 4 rings (SSSR count). The van der Waals surface area contributed by atoms with E-state index in [1.54, 1.807) is 0 Å². The minimum atomic E-state index is -1.64. The van der Waals surface area contributed by atoms with Crippen LogP contribution in [0.1, 0.15) is 56.1 Å². The normalized spacial score (nSPS) is 23.7. The van der Waals surface area contributed by atoms with Crippen molar-refractivity contribution in [1.29, 1.82) is 0 Å². The molecule has 1 unspecified atom stereocenters. The summed E-state index contributed by atoms with van der Waals surface area (Å²) in [4.78, 5) is 24.4. The fourth-order valence-electron chi connectivity index (χ4n) is 5.33. The van der Waals surface area contributed by atoms with Crippen molar-refractivity contribution in [2.75, 3.05) is 0 Å². The first-order valence-corrected chi connectivity index (χ1v) is 11.0. The van der Waals surface area contributed by atoms with Crippen molar-refractivity contribution < 1.29 is 24.5 Å². The van der Waals surface area contributed by atoms with Crippen LogP contribution in [0.25, 0.3) is 0 Å². The summed E-state index contributed by atoms with van der Waals surface area (Å²) in [6.45, 7) is 2.09. The molecular formula is C25H29NO5. The number of fused-ring (bicyclic) bond motifs is 2. The molecule has 0 radical (unpaired) electrons. The van der Waals surface area contributed by atoms with E-state index >= 15 is 0 Å². The number of ether oxygens (including phenoxy) is 1. The van der Waals surface area contributed by atoms with Crippen molar-refractivity contribution in [1.82, 2.24) is 0 Å². The molecule has 1 saturated carbocycles. The lowest BCUT2D eigenvalue weighted by molar-refractivity contribution is -0.145. The van der Waals surface area contributed by atoms with Crippen LogP contribution < -0.4 is 10.5 Å². The second-order valence-electron chi connectivity index (χ2n) is 8.83. The molecule has 2 aromatic carbocycles. The molecule has 2 aromatic rings. The summed E-state index contributed by atoms with van der Waals surface area (Å²) in [5.74, 6) is -2.49. The van der Waals surface area contributed by atoms with Gasteiger partial charge in [0.2, 0.25) is 0 Å². The fraction of sp³-hybridized carbons (Fsp3) is 0.440. The zero-order chi connectivity index (χ0) is 22.2. The average Bonchev–Trinajstić information content (AvgIpc) is 3.49. The van der Waals surface area contributed by atoms with Gasteiger partial charge in [-0.05, 0) is 30.9 Å². The molecule has 4 atom stereocenters. The quantitative estimate of drug-likeness (QED) is 0.508. The summed E-state index contributed by atoms with van der Waals surface area (Å²) in [7, 11) is 0. The van der Waals surface area contributed by atoms with E-state index in [4.69, 9.17) is 10.5 Å². The van der Waals surface area contributed by atoms with E-state index in [0.717, 1.165) is 30.4 Å².